The number of aryl methyl sites for hydroxylation is 2. The average Bonchev–Trinajstić information content (AvgIpc) is 2.94. The molecule has 0 saturated heterocycles. The minimum Gasteiger partial charge on any atom is -0.266 e. The fraction of sp³-hybridized carbons (Fsp3) is 0.273. The largest absolute Gasteiger partial charge is 0.266 e. The number of halogens is 1. The minimum absolute atomic E-state index is 0.313. The van der Waals surface area contributed by atoms with E-state index in [9.17, 15) is 4.39 Å². The average molecular weight is 310 g/mol. The van der Waals surface area contributed by atoms with Crippen molar-refractivity contribution < 1.29 is 4.39 Å². The van der Waals surface area contributed by atoms with Crippen molar-refractivity contribution in [3.63, 3.8) is 0 Å². The summed E-state index contributed by atoms with van der Waals surface area (Å²) in [4.78, 5) is 0. The Kier molecular flexibility index (Phi) is 4.36. The molecule has 0 unspecified atom stereocenters. The van der Waals surface area contributed by atoms with Gasteiger partial charge in [-0.2, -0.15) is 24.2 Å². The van der Waals surface area contributed by atoms with Crippen LogP contribution >= 0.6 is 23.3 Å². The maximum atomic E-state index is 13.7. The molecule has 1 N–H and O–H groups in total. The van der Waals surface area contributed by atoms with Gasteiger partial charge in [0.05, 0.1) is 17.5 Å². The van der Waals surface area contributed by atoms with Crippen LogP contribution < -0.4 is 5.43 Å². The Bertz CT molecular complexity index is 697. The molecular formula is C11H11FN6S2. The van der Waals surface area contributed by atoms with Gasteiger partial charge in [0, 0.05) is 7.05 Å². The van der Waals surface area contributed by atoms with E-state index >= 15 is 0 Å². The number of rotatable bonds is 4. The van der Waals surface area contributed by atoms with E-state index in [2.05, 4.69) is 26.1 Å². The summed E-state index contributed by atoms with van der Waals surface area (Å²) in [6.07, 6.45) is 3.19. The number of aromatic nitrogens is 3. The zero-order valence-electron chi connectivity index (χ0n) is 11.0. The van der Waals surface area contributed by atoms with Crippen LogP contribution in [0, 0.1) is 24.2 Å². The molecule has 0 spiro atoms. The zero-order valence-corrected chi connectivity index (χ0v) is 12.6. The summed E-state index contributed by atoms with van der Waals surface area (Å²) in [6.45, 7) is 1.70. The molecule has 2 rings (SSSR count). The molecule has 20 heavy (non-hydrogen) atoms. The predicted octanol–water partition coefficient (Wildman–Crippen LogP) is 2.36. The molecular weight excluding hydrogens is 299 g/mol. The van der Waals surface area contributed by atoms with Gasteiger partial charge in [-0.05, 0) is 24.7 Å². The summed E-state index contributed by atoms with van der Waals surface area (Å²) in [5.74, 6) is -0.456. The van der Waals surface area contributed by atoms with Gasteiger partial charge in [-0.25, -0.2) is 4.68 Å². The summed E-state index contributed by atoms with van der Waals surface area (Å²) >= 11 is 2.53. The Labute approximate surface area is 123 Å². The third-order valence-electron chi connectivity index (χ3n) is 2.52. The smallest absolute Gasteiger partial charge is 0.220 e. The Balaban J connectivity index is 2.19. The Morgan fingerprint density at radius 1 is 1.60 bits per heavy atom. The van der Waals surface area contributed by atoms with Crippen molar-refractivity contribution in [2.45, 2.75) is 11.9 Å². The third-order valence-corrected chi connectivity index (χ3v) is 4.07. The van der Waals surface area contributed by atoms with Gasteiger partial charge < -0.3 is 0 Å². The summed E-state index contributed by atoms with van der Waals surface area (Å²) in [5.41, 5.74) is 4.02. The Hall–Kier alpha value is -1.92. The summed E-state index contributed by atoms with van der Waals surface area (Å²) in [6, 6.07) is 2.07. The lowest BCUT2D eigenvalue weighted by Crippen LogP contribution is -1.96. The first-order valence-corrected chi connectivity index (χ1v) is 7.50. The highest BCUT2D eigenvalue weighted by Crippen LogP contribution is 2.29. The van der Waals surface area contributed by atoms with Gasteiger partial charge >= 0.3 is 0 Å². The molecule has 6 nitrogen and oxygen atoms in total. The normalized spacial score (nSPS) is 10.9. The first-order valence-electron chi connectivity index (χ1n) is 5.50. The number of hydrogen-bond acceptors (Lipinski definition) is 7. The number of nitrogens with zero attached hydrogens (tertiary/aromatic N) is 5. The molecule has 0 aliphatic heterocycles. The van der Waals surface area contributed by atoms with Gasteiger partial charge in [0.15, 0.2) is 0 Å². The Morgan fingerprint density at radius 3 is 2.90 bits per heavy atom. The standard InChI is InChI=1S/C11H11FN6S2/c1-6-8(9(12)18(2)16-6)5-14-15-10-7(4-13)11(19-3)17-20-10/h5,15H,1-3H3/b14-5-. The number of anilines is 1. The number of thioether (sulfide) groups is 1. The number of hydrogen-bond donors (Lipinski definition) is 1. The molecule has 0 fully saturated rings. The van der Waals surface area contributed by atoms with E-state index < -0.39 is 5.95 Å². The van der Waals surface area contributed by atoms with Gasteiger partial charge in [-0.15, -0.1) is 11.8 Å². The second kappa shape index (κ2) is 6.02. The van der Waals surface area contributed by atoms with Gasteiger partial charge in [-0.1, -0.05) is 0 Å². The highest BCUT2D eigenvalue weighted by atomic mass is 32.2. The fourth-order valence-corrected chi connectivity index (χ4v) is 2.96. The van der Waals surface area contributed by atoms with Crippen molar-refractivity contribution >= 4 is 34.5 Å². The maximum Gasteiger partial charge on any atom is 0.220 e. The van der Waals surface area contributed by atoms with Crippen LogP contribution in [0.25, 0.3) is 0 Å². The van der Waals surface area contributed by atoms with E-state index in [-0.39, 0.29) is 0 Å². The lowest BCUT2D eigenvalue weighted by Gasteiger charge is -1.95. The van der Waals surface area contributed by atoms with Crippen LogP contribution in [0.1, 0.15) is 16.8 Å². The molecule has 0 amide bonds. The van der Waals surface area contributed by atoms with Gasteiger partial charge in [-0.3, -0.25) is 5.43 Å². The molecule has 0 atom stereocenters. The van der Waals surface area contributed by atoms with Gasteiger partial charge in [0.1, 0.15) is 21.7 Å². The second-order valence-electron chi connectivity index (χ2n) is 3.79. The number of hydrazone groups is 1. The molecule has 9 heteroatoms. The summed E-state index contributed by atoms with van der Waals surface area (Å²) in [5, 5.41) is 18.1. The van der Waals surface area contributed by atoms with Crippen LogP contribution in [0.5, 0.6) is 0 Å². The van der Waals surface area contributed by atoms with Crippen molar-refractivity contribution in [2.75, 3.05) is 11.7 Å². The molecule has 0 aliphatic rings. The number of nitriles is 1. The topological polar surface area (TPSA) is 78.9 Å². The Morgan fingerprint density at radius 2 is 2.35 bits per heavy atom. The monoisotopic (exact) mass is 310 g/mol. The van der Waals surface area contributed by atoms with E-state index in [1.54, 1.807) is 6.92 Å². The number of nitrogens with one attached hydrogen (secondary N) is 1. The van der Waals surface area contributed by atoms with Crippen LogP contribution in [0.2, 0.25) is 0 Å². The van der Waals surface area contributed by atoms with Crippen LogP contribution in [-0.4, -0.2) is 26.6 Å². The van der Waals surface area contributed by atoms with Crippen LogP contribution in [0.4, 0.5) is 9.39 Å². The van der Waals surface area contributed by atoms with Gasteiger partial charge in [0.2, 0.25) is 5.95 Å². The molecule has 0 radical (unpaired) electrons. The molecule has 0 saturated carbocycles. The highest BCUT2D eigenvalue weighted by Gasteiger charge is 2.13. The SMILES string of the molecule is CSc1nsc(N/N=C\c2c(C)nn(C)c2F)c1C#N. The zero-order chi connectivity index (χ0) is 14.7. The molecule has 2 aromatic rings. The predicted molar refractivity (Wildman–Crippen MR) is 77.7 cm³/mol. The second-order valence-corrected chi connectivity index (χ2v) is 5.36. The molecule has 104 valence electrons. The lowest BCUT2D eigenvalue weighted by molar-refractivity contribution is 0.502. The molecule has 0 bridgehead atoms. The molecule has 0 aliphatic carbocycles. The summed E-state index contributed by atoms with van der Waals surface area (Å²) < 4.78 is 18.9. The van der Waals surface area contributed by atoms with Crippen LogP contribution in [0.3, 0.4) is 0 Å². The third kappa shape index (κ3) is 2.66. The molecule has 2 aromatic heterocycles. The molecule has 0 aromatic carbocycles. The highest BCUT2D eigenvalue weighted by molar-refractivity contribution is 7.98. The van der Waals surface area contributed by atoms with Gasteiger partial charge in [0.25, 0.3) is 0 Å². The lowest BCUT2D eigenvalue weighted by atomic mass is 10.3. The van der Waals surface area contributed by atoms with E-state index in [0.717, 1.165) is 16.2 Å². The quantitative estimate of drug-likeness (QED) is 0.533. The van der Waals surface area contributed by atoms with E-state index in [4.69, 9.17) is 5.26 Å². The molecule has 2 heterocycles. The van der Waals surface area contributed by atoms with Crippen LogP contribution in [-0.2, 0) is 7.05 Å². The fourth-order valence-electron chi connectivity index (χ4n) is 1.54. The first-order chi connectivity index (χ1) is 9.58. The van der Waals surface area contributed by atoms with Crippen molar-refractivity contribution in [1.82, 2.24) is 14.2 Å². The van der Waals surface area contributed by atoms with Crippen molar-refractivity contribution in [3.05, 3.63) is 22.8 Å². The summed E-state index contributed by atoms with van der Waals surface area (Å²) in [7, 11) is 1.52. The van der Waals surface area contributed by atoms with Crippen LogP contribution in [0.15, 0.2) is 10.1 Å². The van der Waals surface area contributed by atoms with E-state index in [0.29, 0.717) is 26.8 Å². The first kappa shape index (κ1) is 14.5. The van der Waals surface area contributed by atoms with Crippen molar-refractivity contribution in [1.29, 1.82) is 5.26 Å². The van der Waals surface area contributed by atoms with Crippen molar-refractivity contribution in [3.8, 4) is 6.07 Å². The maximum absolute atomic E-state index is 13.7. The minimum atomic E-state index is -0.456. The van der Waals surface area contributed by atoms with E-state index in [1.165, 1.54) is 25.0 Å². The van der Waals surface area contributed by atoms with E-state index in [1.807, 2.05) is 6.26 Å². The van der Waals surface area contributed by atoms with Crippen molar-refractivity contribution in [2.24, 2.45) is 12.1 Å².